The van der Waals surface area contributed by atoms with Crippen LogP contribution in [0.15, 0.2) is 29.3 Å². The first-order valence-corrected chi connectivity index (χ1v) is 7.08. The van der Waals surface area contributed by atoms with Crippen molar-refractivity contribution in [3.05, 3.63) is 35.6 Å². The van der Waals surface area contributed by atoms with Gasteiger partial charge in [-0.1, -0.05) is 30.0 Å². The van der Waals surface area contributed by atoms with Gasteiger partial charge in [0.05, 0.1) is 11.4 Å². The third-order valence-electron chi connectivity index (χ3n) is 3.82. The van der Waals surface area contributed by atoms with Crippen LogP contribution in [-0.4, -0.2) is 30.6 Å². The van der Waals surface area contributed by atoms with Crippen molar-refractivity contribution in [2.75, 3.05) is 13.2 Å². The Hall–Kier alpha value is -1.28. The van der Waals surface area contributed by atoms with E-state index < -0.39 is 28.8 Å². The highest BCUT2D eigenvalue weighted by Gasteiger charge is 2.62. The van der Waals surface area contributed by atoms with Crippen LogP contribution in [0, 0.1) is 11.7 Å². The van der Waals surface area contributed by atoms with Crippen LogP contribution in [0.2, 0.25) is 0 Å². The molecule has 3 atom stereocenters. The second-order valence-corrected chi connectivity index (χ2v) is 6.38. The van der Waals surface area contributed by atoms with Gasteiger partial charge in [-0.05, 0) is 6.07 Å². The van der Waals surface area contributed by atoms with Gasteiger partial charge in [0.15, 0.2) is 11.3 Å². The van der Waals surface area contributed by atoms with Crippen molar-refractivity contribution in [3.8, 4) is 0 Å². The number of nitrogens with zero attached hydrogens (tertiary/aromatic N) is 1. The first-order valence-electron chi connectivity index (χ1n) is 6.27. The maximum Gasteiger partial charge on any atom is 0.415 e. The zero-order chi connectivity index (χ0) is 15.3. The summed E-state index contributed by atoms with van der Waals surface area (Å²) in [5.41, 5.74) is 5.86. The first kappa shape index (κ1) is 14.6. The van der Waals surface area contributed by atoms with Gasteiger partial charge < -0.3 is 10.5 Å². The van der Waals surface area contributed by atoms with Crippen LogP contribution in [-0.2, 0) is 9.48 Å². The fourth-order valence-electron chi connectivity index (χ4n) is 2.90. The van der Waals surface area contributed by atoms with E-state index in [1.807, 2.05) is 0 Å². The highest BCUT2D eigenvalue weighted by molar-refractivity contribution is 8.14. The lowest BCUT2D eigenvalue weighted by Crippen LogP contribution is -2.45. The third-order valence-corrected chi connectivity index (χ3v) is 5.17. The molecule has 0 saturated carbocycles. The van der Waals surface area contributed by atoms with Gasteiger partial charge in [0.25, 0.3) is 0 Å². The van der Waals surface area contributed by atoms with Crippen LogP contribution in [0.3, 0.4) is 0 Å². The minimum Gasteiger partial charge on any atom is -0.379 e. The molecule has 114 valence electrons. The lowest BCUT2D eigenvalue weighted by atomic mass is 9.83. The standard InChI is InChI=1S/C13H12F4N2OS/c14-9-4-2-1-3-7(9)12-6-20-10(13(15,16)17)8(12)5-19-11(18)21-12/h1-4,8,10H,5-6H2,(H2,18,19)/t8-,10-,12+/m0/s1. The number of halogens is 4. The average molecular weight is 320 g/mol. The lowest BCUT2D eigenvalue weighted by Gasteiger charge is -2.37. The predicted molar refractivity (Wildman–Crippen MR) is 71.4 cm³/mol. The van der Waals surface area contributed by atoms with Gasteiger partial charge in [0, 0.05) is 18.0 Å². The van der Waals surface area contributed by atoms with Gasteiger partial charge >= 0.3 is 6.18 Å². The number of hydrogen-bond acceptors (Lipinski definition) is 4. The second-order valence-electron chi connectivity index (χ2n) is 5.03. The van der Waals surface area contributed by atoms with Crippen molar-refractivity contribution in [1.29, 1.82) is 0 Å². The summed E-state index contributed by atoms with van der Waals surface area (Å²) in [4.78, 5) is 3.89. The van der Waals surface area contributed by atoms with Gasteiger partial charge in [-0.15, -0.1) is 0 Å². The molecule has 2 N–H and O–H groups in total. The maximum atomic E-state index is 14.1. The van der Waals surface area contributed by atoms with Gasteiger partial charge in [-0.2, -0.15) is 13.2 Å². The topological polar surface area (TPSA) is 47.6 Å². The predicted octanol–water partition coefficient (Wildman–Crippen LogP) is 2.66. The first-order chi connectivity index (χ1) is 9.84. The lowest BCUT2D eigenvalue weighted by molar-refractivity contribution is -0.215. The van der Waals surface area contributed by atoms with E-state index in [1.54, 1.807) is 6.07 Å². The van der Waals surface area contributed by atoms with E-state index >= 15 is 0 Å². The molecule has 1 fully saturated rings. The van der Waals surface area contributed by atoms with Crippen molar-refractivity contribution < 1.29 is 22.3 Å². The van der Waals surface area contributed by atoms with Crippen LogP contribution >= 0.6 is 11.8 Å². The zero-order valence-corrected chi connectivity index (χ0v) is 11.5. The summed E-state index contributed by atoms with van der Waals surface area (Å²) in [5, 5.41) is 0.154. The number of benzene rings is 1. The number of ether oxygens (including phenoxy) is 1. The largest absolute Gasteiger partial charge is 0.415 e. The summed E-state index contributed by atoms with van der Waals surface area (Å²) in [6.07, 6.45) is -6.47. The molecule has 0 amide bonds. The average Bonchev–Trinajstić information content (AvgIpc) is 2.78. The highest BCUT2D eigenvalue weighted by Crippen LogP contribution is 2.55. The van der Waals surface area contributed by atoms with E-state index in [-0.39, 0.29) is 23.9 Å². The molecular formula is C13H12F4N2OS. The Morgan fingerprint density at radius 1 is 1.33 bits per heavy atom. The summed E-state index contributed by atoms with van der Waals surface area (Å²) < 4.78 is 57.2. The fourth-order valence-corrected chi connectivity index (χ4v) is 4.16. The molecule has 1 aromatic carbocycles. The summed E-state index contributed by atoms with van der Waals surface area (Å²) >= 11 is 0.954. The summed E-state index contributed by atoms with van der Waals surface area (Å²) in [6, 6.07) is 5.79. The van der Waals surface area contributed by atoms with E-state index in [4.69, 9.17) is 10.5 Å². The number of nitrogens with two attached hydrogens (primary N) is 1. The van der Waals surface area contributed by atoms with Crippen LogP contribution < -0.4 is 5.73 Å². The molecule has 0 bridgehead atoms. The molecule has 1 saturated heterocycles. The van der Waals surface area contributed by atoms with Crippen LogP contribution in [0.1, 0.15) is 5.56 Å². The molecular weight excluding hydrogens is 308 g/mol. The molecule has 2 aliphatic heterocycles. The summed E-state index contributed by atoms with van der Waals surface area (Å²) in [7, 11) is 0. The molecule has 0 aliphatic carbocycles. The highest BCUT2D eigenvalue weighted by atomic mass is 32.2. The quantitative estimate of drug-likeness (QED) is 0.809. The number of fused-ring (bicyclic) bond motifs is 1. The Labute approximate surface area is 122 Å². The normalized spacial score (nSPS) is 32.7. The van der Waals surface area contributed by atoms with E-state index in [0.717, 1.165) is 11.8 Å². The summed E-state index contributed by atoms with van der Waals surface area (Å²) in [6.45, 7) is -0.374. The molecule has 8 heteroatoms. The number of amidine groups is 1. The van der Waals surface area contributed by atoms with Crippen molar-refractivity contribution in [1.82, 2.24) is 0 Å². The van der Waals surface area contributed by atoms with Crippen LogP contribution in [0.4, 0.5) is 17.6 Å². The Balaban J connectivity index is 2.10. The molecule has 2 aliphatic rings. The van der Waals surface area contributed by atoms with Gasteiger partial charge in [0.1, 0.15) is 5.82 Å². The Bertz CT molecular complexity index is 592. The molecule has 0 spiro atoms. The number of thioether (sulfide) groups is 1. The Morgan fingerprint density at radius 3 is 2.71 bits per heavy atom. The fraction of sp³-hybridized carbons (Fsp3) is 0.462. The molecule has 1 aromatic rings. The molecule has 3 nitrogen and oxygen atoms in total. The summed E-state index contributed by atoms with van der Waals surface area (Å²) in [5.74, 6) is -1.55. The number of rotatable bonds is 1. The van der Waals surface area contributed by atoms with Crippen molar-refractivity contribution in [2.24, 2.45) is 16.6 Å². The van der Waals surface area contributed by atoms with E-state index in [2.05, 4.69) is 4.99 Å². The number of alkyl halides is 3. The van der Waals surface area contributed by atoms with Crippen LogP contribution in [0.5, 0.6) is 0 Å². The Morgan fingerprint density at radius 2 is 2.05 bits per heavy atom. The molecule has 0 unspecified atom stereocenters. The monoisotopic (exact) mass is 320 g/mol. The Kier molecular flexibility index (Phi) is 3.40. The smallest absolute Gasteiger partial charge is 0.379 e. The molecule has 3 rings (SSSR count). The number of aliphatic imine (C=N–C) groups is 1. The van der Waals surface area contributed by atoms with Crippen molar-refractivity contribution in [2.45, 2.75) is 17.0 Å². The number of hydrogen-bond donors (Lipinski definition) is 1. The van der Waals surface area contributed by atoms with Crippen molar-refractivity contribution in [3.63, 3.8) is 0 Å². The SMILES string of the molecule is NC1=NC[C@H]2[C@@H](C(F)(F)F)OC[C@]2(c2ccccc2F)S1. The third kappa shape index (κ3) is 2.30. The zero-order valence-electron chi connectivity index (χ0n) is 10.7. The van der Waals surface area contributed by atoms with Crippen molar-refractivity contribution >= 4 is 16.9 Å². The van der Waals surface area contributed by atoms with Gasteiger partial charge in [-0.3, -0.25) is 4.99 Å². The van der Waals surface area contributed by atoms with E-state index in [1.165, 1.54) is 18.2 Å². The van der Waals surface area contributed by atoms with E-state index in [0.29, 0.717) is 0 Å². The minimum atomic E-state index is -4.51. The maximum absolute atomic E-state index is 14.1. The minimum absolute atomic E-state index is 0.128. The molecule has 0 radical (unpaired) electrons. The molecule has 0 aromatic heterocycles. The van der Waals surface area contributed by atoms with Gasteiger partial charge in [0.2, 0.25) is 0 Å². The van der Waals surface area contributed by atoms with Gasteiger partial charge in [-0.25, -0.2) is 4.39 Å². The second kappa shape index (κ2) is 4.88. The molecule has 21 heavy (non-hydrogen) atoms. The molecule has 2 heterocycles. The van der Waals surface area contributed by atoms with E-state index in [9.17, 15) is 17.6 Å². The van der Waals surface area contributed by atoms with Crippen LogP contribution in [0.25, 0.3) is 0 Å².